The van der Waals surface area contributed by atoms with E-state index in [1.807, 2.05) is 0 Å². The van der Waals surface area contributed by atoms with Crippen LogP contribution in [-0.4, -0.2) is 41.2 Å². The van der Waals surface area contributed by atoms with E-state index < -0.39 is 24.3 Å². The van der Waals surface area contributed by atoms with Gasteiger partial charge in [-0.15, -0.1) is 0 Å². The van der Waals surface area contributed by atoms with Crippen molar-refractivity contribution in [2.24, 2.45) is 0 Å². The fourth-order valence-corrected chi connectivity index (χ4v) is 1.08. The van der Waals surface area contributed by atoms with E-state index in [-0.39, 0.29) is 13.0 Å². The molecule has 2 N–H and O–H groups in total. The van der Waals surface area contributed by atoms with Crippen LogP contribution in [0.2, 0.25) is 0 Å². The Bertz CT molecular complexity index is 259. The molecule has 0 radical (unpaired) electrons. The van der Waals surface area contributed by atoms with Crippen LogP contribution in [-0.2, 0) is 14.3 Å². The van der Waals surface area contributed by atoms with Crippen molar-refractivity contribution >= 4 is 12.1 Å². The van der Waals surface area contributed by atoms with Gasteiger partial charge < -0.3 is 19.7 Å². The minimum Gasteiger partial charge on any atom is -0.478 e. The highest BCUT2D eigenvalue weighted by molar-refractivity contribution is 5.79. The van der Waals surface area contributed by atoms with Gasteiger partial charge in [-0.2, -0.15) is 0 Å². The van der Waals surface area contributed by atoms with Crippen LogP contribution in [0.4, 0.5) is 4.79 Å². The van der Waals surface area contributed by atoms with Crippen molar-refractivity contribution in [3.05, 3.63) is 12.2 Å². The monoisotopic (exact) mass is 202 g/mol. The van der Waals surface area contributed by atoms with Crippen LogP contribution >= 0.6 is 0 Å². The zero-order valence-corrected chi connectivity index (χ0v) is 7.25. The van der Waals surface area contributed by atoms with E-state index in [9.17, 15) is 9.59 Å². The SMILES string of the molecule is O=C(O)C=CC[C@@H]1OC(=O)O[C@@H]1CO. The first kappa shape index (κ1) is 10.5. The first-order valence-corrected chi connectivity index (χ1v) is 4.01. The summed E-state index contributed by atoms with van der Waals surface area (Å²) in [5, 5.41) is 17.1. The van der Waals surface area contributed by atoms with Gasteiger partial charge in [0.1, 0.15) is 6.10 Å². The molecule has 0 aromatic heterocycles. The molecule has 0 aliphatic carbocycles. The molecule has 1 heterocycles. The molecule has 0 aromatic carbocycles. The first-order chi connectivity index (χ1) is 6.63. The number of cyclic esters (lactones) is 2. The molecule has 78 valence electrons. The summed E-state index contributed by atoms with van der Waals surface area (Å²) in [5.74, 6) is -1.07. The summed E-state index contributed by atoms with van der Waals surface area (Å²) < 4.78 is 9.27. The molecule has 6 heteroatoms. The lowest BCUT2D eigenvalue weighted by Gasteiger charge is -2.09. The van der Waals surface area contributed by atoms with E-state index in [0.717, 1.165) is 6.08 Å². The van der Waals surface area contributed by atoms with Gasteiger partial charge in [-0.05, 0) is 0 Å². The molecule has 1 saturated heterocycles. The van der Waals surface area contributed by atoms with E-state index in [0.29, 0.717) is 0 Å². The number of aliphatic hydroxyl groups is 1. The third-order valence-electron chi connectivity index (χ3n) is 1.72. The number of hydrogen-bond acceptors (Lipinski definition) is 5. The number of carboxylic acids is 1. The first-order valence-electron chi connectivity index (χ1n) is 4.01. The molecule has 0 spiro atoms. The Hall–Kier alpha value is -1.56. The Kier molecular flexibility index (Phi) is 3.47. The van der Waals surface area contributed by atoms with Gasteiger partial charge in [0.15, 0.2) is 6.10 Å². The second-order valence-electron chi connectivity index (χ2n) is 2.72. The number of aliphatic hydroxyl groups excluding tert-OH is 1. The Balaban J connectivity index is 2.43. The van der Waals surface area contributed by atoms with E-state index in [1.54, 1.807) is 0 Å². The molecular weight excluding hydrogens is 192 g/mol. The van der Waals surface area contributed by atoms with Crippen molar-refractivity contribution in [2.75, 3.05) is 6.61 Å². The Morgan fingerprint density at radius 3 is 2.64 bits per heavy atom. The minimum atomic E-state index is -1.07. The van der Waals surface area contributed by atoms with Crippen LogP contribution in [0, 0.1) is 0 Å². The molecule has 1 aliphatic heterocycles. The second kappa shape index (κ2) is 4.61. The molecule has 0 saturated carbocycles. The van der Waals surface area contributed by atoms with Gasteiger partial charge in [-0.25, -0.2) is 9.59 Å². The number of hydrogen-bond donors (Lipinski definition) is 2. The lowest BCUT2D eigenvalue weighted by molar-refractivity contribution is -0.131. The zero-order valence-electron chi connectivity index (χ0n) is 7.25. The zero-order chi connectivity index (χ0) is 10.6. The number of carboxylic acid groups (broad SMARTS) is 1. The highest BCUT2D eigenvalue weighted by Gasteiger charge is 2.34. The maximum atomic E-state index is 10.6. The maximum Gasteiger partial charge on any atom is 0.509 e. The lowest BCUT2D eigenvalue weighted by atomic mass is 10.1. The fourth-order valence-electron chi connectivity index (χ4n) is 1.08. The molecule has 2 atom stereocenters. The fraction of sp³-hybridized carbons (Fsp3) is 0.500. The predicted molar refractivity (Wildman–Crippen MR) is 43.6 cm³/mol. The molecular formula is C8H10O6. The number of carbonyl (C=O) groups excluding carboxylic acids is 1. The van der Waals surface area contributed by atoms with E-state index >= 15 is 0 Å². The van der Waals surface area contributed by atoms with Gasteiger partial charge >= 0.3 is 12.1 Å². The molecule has 0 aromatic rings. The summed E-state index contributed by atoms with van der Waals surface area (Å²) in [6.07, 6.45) is 0.350. The van der Waals surface area contributed by atoms with Crippen LogP contribution in [0.3, 0.4) is 0 Å². The summed E-state index contributed by atoms with van der Waals surface area (Å²) in [4.78, 5) is 20.7. The third kappa shape index (κ3) is 2.74. The summed E-state index contributed by atoms with van der Waals surface area (Å²) >= 11 is 0. The topological polar surface area (TPSA) is 93.1 Å². The number of aliphatic carboxylic acids is 1. The van der Waals surface area contributed by atoms with E-state index in [4.69, 9.17) is 10.2 Å². The van der Waals surface area contributed by atoms with Crippen LogP contribution in [0.25, 0.3) is 0 Å². The average Bonchev–Trinajstić information content (AvgIpc) is 2.45. The molecule has 0 amide bonds. The summed E-state index contributed by atoms with van der Waals surface area (Å²) in [6, 6.07) is 0. The molecule has 14 heavy (non-hydrogen) atoms. The summed E-state index contributed by atoms with van der Waals surface area (Å²) in [7, 11) is 0. The van der Waals surface area contributed by atoms with Crippen LogP contribution in [0.5, 0.6) is 0 Å². The third-order valence-corrected chi connectivity index (χ3v) is 1.72. The van der Waals surface area contributed by atoms with Gasteiger partial charge in [0.25, 0.3) is 0 Å². The van der Waals surface area contributed by atoms with Gasteiger partial charge in [-0.1, -0.05) is 6.08 Å². The summed E-state index contributed by atoms with van der Waals surface area (Å²) in [5.41, 5.74) is 0. The molecule has 1 aliphatic rings. The van der Waals surface area contributed by atoms with Crippen molar-refractivity contribution in [3.63, 3.8) is 0 Å². The van der Waals surface area contributed by atoms with Gasteiger partial charge in [0.05, 0.1) is 6.61 Å². The standard InChI is InChI=1S/C8H10O6/c9-4-6-5(13-8(12)14-6)2-1-3-7(10)11/h1,3,5-6,9H,2,4H2,(H,10,11)/t5-,6+/m0/s1. The van der Waals surface area contributed by atoms with Gasteiger partial charge in [-0.3, -0.25) is 0 Å². The van der Waals surface area contributed by atoms with Gasteiger partial charge in [0, 0.05) is 12.5 Å². The van der Waals surface area contributed by atoms with Crippen LogP contribution in [0.1, 0.15) is 6.42 Å². The largest absolute Gasteiger partial charge is 0.509 e. The molecule has 1 rings (SSSR count). The minimum absolute atomic E-state index is 0.212. The van der Waals surface area contributed by atoms with Crippen LogP contribution < -0.4 is 0 Å². The number of rotatable bonds is 4. The quantitative estimate of drug-likeness (QED) is 0.489. The van der Waals surface area contributed by atoms with Crippen LogP contribution in [0.15, 0.2) is 12.2 Å². The lowest BCUT2D eigenvalue weighted by Crippen LogP contribution is -2.25. The number of ether oxygens (including phenoxy) is 2. The van der Waals surface area contributed by atoms with E-state index in [1.165, 1.54) is 6.08 Å². The van der Waals surface area contributed by atoms with Crippen molar-refractivity contribution < 1.29 is 29.3 Å². The van der Waals surface area contributed by atoms with Crippen molar-refractivity contribution in [2.45, 2.75) is 18.6 Å². The smallest absolute Gasteiger partial charge is 0.478 e. The normalized spacial score (nSPS) is 26.2. The molecule has 0 unspecified atom stereocenters. The van der Waals surface area contributed by atoms with Crippen molar-refractivity contribution in [1.82, 2.24) is 0 Å². The van der Waals surface area contributed by atoms with Crippen molar-refractivity contribution in [1.29, 1.82) is 0 Å². The predicted octanol–water partition coefficient (Wildman–Crippen LogP) is -0.0864. The highest BCUT2D eigenvalue weighted by Crippen LogP contribution is 2.18. The molecule has 1 fully saturated rings. The van der Waals surface area contributed by atoms with Gasteiger partial charge in [0.2, 0.25) is 0 Å². The number of carbonyl (C=O) groups is 2. The Morgan fingerprint density at radius 2 is 2.07 bits per heavy atom. The molecule has 0 bridgehead atoms. The van der Waals surface area contributed by atoms with Crippen molar-refractivity contribution in [3.8, 4) is 0 Å². The Labute approximate surface area is 79.7 Å². The average molecular weight is 202 g/mol. The summed E-state index contributed by atoms with van der Waals surface area (Å²) in [6.45, 7) is -0.336. The molecule has 6 nitrogen and oxygen atoms in total. The maximum absolute atomic E-state index is 10.6. The highest BCUT2D eigenvalue weighted by atomic mass is 16.8. The second-order valence-corrected chi connectivity index (χ2v) is 2.72. The van der Waals surface area contributed by atoms with E-state index in [2.05, 4.69) is 9.47 Å². The Morgan fingerprint density at radius 1 is 1.43 bits per heavy atom.